The molecule has 0 radical (unpaired) electrons. The third-order valence-corrected chi connectivity index (χ3v) is 4.84. The number of rotatable bonds is 6. The summed E-state index contributed by atoms with van der Waals surface area (Å²) in [7, 11) is 0. The number of aromatic nitrogens is 3. The van der Waals surface area contributed by atoms with Gasteiger partial charge in [-0.15, -0.1) is 17.5 Å². The minimum atomic E-state index is 0. The van der Waals surface area contributed by atoms with E-state index in [1.807, 2.05) is 37.3 Å². The Balaban J connectivity index is 0.00000243. The maximum Gasteiger partial charge on any atom is 0.228 e. The smallest absolute Gasteiger partial charge is 0.228 e. The van der Waals surface area contributed by atoms with Crippen LogP contribution in [0.25, 0.3) is 5.69 Å². The highest BCUT2D eigenvalue weighted by atomic mass is 35.5. The molecular weight excluding hydrogens is 350 g/mol. The molecule has 0 atom stereocenters. The van der Waals surface area contributed by atoms with Crippen molar-refractivity contribution in [3.8, 4) is 5.69 Å². The van der Waals surface area contributed by atoms with Gasteiger partial charge in [0, 0.05) is 12.6 Å². The molecular formula is C19H28ClN5O. The van der Waals surface area contributed by atoms with Crippen LogP contribution < -0.4 is 5.32 Å². The molecule has 0 unspecified atom stereocenters. The Kier molecular flexibility index (Phi) is 7.60. The molecule has 1 aromatic carbocycles. The zero-order valence-corrected chi connectivity index (χ0v) is 16.3. The van der Waals surface area contributed by atoms with Crippen molar-refractivity contribution in [1.82, 2.24) is 25.2 Å². The highest BCUT2D eigenvalue weighted by Gasteiger charge is 2.26. The number of benzene rings is 1. The number of nitrogens with zero attached hydrogens (tertiary/aromatic N) is 4. The van der Waals surface area contributed by atoms with Crippen molar-refractivity contribution >= 4 is 18.3 Å². The molecule has 142 valence electrons. The molecule has 1 aliphatic heterocycles. The van der Waals surface area contributed by atoms with Crippen molar-refractivity contribution < 1.29 is 4.79 Å². The number of hydrogen-bond donors (Lipinski definition) is 1. The van der Waals surface area contributed by atoms with E-state index in [1.165, 1.54) is 0 Å². The van der Waals surface area contributed by atoms with Gasteiger partial charge in [-0.2, -0.15) is 0 Å². The number of amides is 1. The highest BCUT2D eigenvalue weighted by Crippen LogP contribution is 2.17. The molecule has 6 nitrogen and oxygen atoms in total. The van der Waals surface area contributed by atoms with Crippen molar-refractivity contribution in [1.29, 1.82) is 0 Å². The van der Waals surface area contributed by atoms with Crippen LogP contribution in [-0.2, 0) is 11.2 Å². The first-order valence-electron chi connectivity index (χ1n) is 9.17. The Morgan fingerprint density at radius 2 is 1.96 bits per heavy atom. The van der Waals surface area contributed by atoms with Crippen molar-refractivity contribution in [2.24, 2.45) is 0 Å². The van der Waals surface area contributed by atoms with E-state index < -0.39 is 0 Å². The van der Waals surface area contributed by atoms with Gasteiger partial charge in [-0.1, -0.05) is 30.3 Å². The molecule has 1 fully saturated rings. The van der Waals surface area contributed by atoms with Crippen molar-refractivity contribution in [2.45, 2.75) is 45.6 Å². The third-order valence-electron chi connectivity index (χ3n) is 4.84. The molecule has 3 rings (SSSR count). The van der Waals surface area contributed by atoms with Gasteiger partial charge in [0.25, 0.3) is 0 Å². The predicted molar refractivity (Wildman–Crippen MR) is 105 cm³/mol. The minimum absolute atomic E-state index is 0. The topological polar surface area (TPSA) is 63.1 Å². The number of para-hydroxylation sites is 1. The molecule has 0 spiro atoms. The van der Waals surface area contributed by atoms with E-state index in [0.717, 1.165) is 56.0 Å². The first-order chi connectivity index (χ1) is 12.2. The summed E-state index contributed by atoms with van der Waals surface area (Å²) >= 11 is 0. The number of hydrogen-bond acceptors (Lipinski definition) is 4. The Bertz CT molecular complexity index is 697. The van der Waals surface area contributed by atoms with Gasteiger partial charge in [0.15, 0.2) is 0 Å². The van der Waals surface area contributed by atoms with E-state index in [1.54, 1.807) is 4.68 Å². The van der Waals surface area contributed by atoms with E-state index in [9.17, 15) is 4.79 Å². The van der Waals surface area contributed by atoms with Crippen LogP contribution in [0.1, 0.15) is 37.6 Å². The standard InChI is InChI=1S/C19H27N5O.ClH/c1-3-13-23(16-9-11-20-12-10-16)19(25)14-18-15(2)24(22-21-18)17-7-5-4-6-8-17;/h4-8,16,20H,3,9-14H2,1-2H3;1H. The summed E-state index contributed by atoms with van der Waals surface area (Å²) in [5.41, 5.74) is 2.67. The second-order valence-electron chi connectivity index (χ2n) is 6.61. The zero-order valence-electron chi connectivity index (χ0n) is 15.5. The summed E-state index contributed by atoms with van der Waals surface area (Å²) < 4.78 is 1.80. The Morgan fingerprint density at radius 3 is 2.62 bits per heavy atom. The van der Waals surface area contributed by atoms with Crippen LogP contribution in [0.5, 0.6) is 0 Å². The zero-order chi connectivity index (χ0) is 17.6. The summed E-state index contributed by atoms with van der Waals surface area (Å²) in [5.74, 6) is 0.164. The van der Waals surface area contributed by atoms with Crippen LogP contribution in [0, 0.1) is 6.92 Å². The fourth-order valence-corrected chi connectivity index (χ4v) is 3.45. The van der Waals surface area contributed by atoms with Crippen LogP contribution in [-0.4, -0.2) is 51.5 Å². The molecule has 1 N–H and O–H groups in total. The quantitative estimate of drug-likeness (QED) is 0.840. The summed E-state index contributed by atoms with van der Waals surface area (Å²) in [5, 5.41) is 11.9. The molecule has 2 aromatic rings. The van der Waals surface area contributed by atoms with E-state index in [2.05, 4.69) is 27.5 Å². The van der Waals surface area contributed by atoms with Gasteiger partial charge in [0.2, 0.25) is 5.91 Å². The lowest BCUT2D eigenvalue weighted by atomic mass is 10.0. The van der Waals surface area contributed by atoms with Crippen LogP contribution in [0.3, 0.4) is 0 Å². The van der Waals surface area contributed by atoms with E-state index in [0.29, 0.717) is 12.5 Å². The average molecular weight is 378 g/mol. The molecule has 1 saturated heterocycles. The maximum atomic E-state index is 12.9. The first kappa shape index (κ1) is 20.4. The lowest BCUT2D eigenvalue weighted by molar-refractivity contribution is -0.133. The van der Waals surface area contributed by atoms with Crippen molar-refractivity contribution in [3.05, 3.63) is 41.7 Å². The van der Waals surface area contributed by atoms with E-state index in [4.69, 9.17) is 0 Å². The fourth-order valence-electron chi connectivity index (χ4n) is 3.45. The fraction of sp³-hybridized carbons (Fsp3) is 0.526. The SMILES string of the molecule is CCCN(C(=O)Cc1nnn(-c2ccccc2)c1C)C1CCNCC1.Cl. The van der Waals surface area contributed by atoms with E-state index >= 15 is 0 Å². The van der Waals surface area contributed by atoms with E-state index in [-0.39, 0.29) is 18.3 Å². The van der Waals surface area contributed by atoms with Crippen molar-refractivity contribution in [2.75, 3.05) is 19.6 Å². The second-order valence-corrected chi connectivity index (χ2v) is 6.61. The molecule has 2 heterocycles. The number of halogens is 1. The number of carbonyl (C=O) groups excluding carboxylic acids is 1. The lowest BCUT2D eigenvalue weighted by Gasteiger charge is -2.34. The Morgan fingerprint density at radius 1 is 1.27 bits per heavy atom. The lowest BCUT2D eigenvalue weighted by Crippen LogP contribution is -2.47. The normalized spacial score (nSPS) is 14.7. The Hall–Kier alpha value is -1.92. The Labute approximate surface area is 161 Å². The molecule has 1 amide bonds. The number of carbonyl (C=O) groups is 1. The van der Waals surface area contributed by atoms with Crippen LogP contribution in [0.4, 0.5) is 0 Å². The van der Waals surface area contributed by atoms with Gasteiger partial charge in [-0.3, -0.25) is 4.79 Å². The molecule has 0 aliphatic carbocycles. The van der Waals surface area contributed by atoms with Gasteiger partial charge < -0.3 is 10.2 Å². The van der Waals surface area contributed by atoms with Crippen molar-refractivity contribution in [3.63, 3.8) is 0 Å². The summed E-state index contributed by atoms with van der Waals surface area (Å²) in [6, 6.07) is 10.3. The maximum absolute atomic E-state index is 12.9. The van der Waals surface area contributed by atoms with Gasteiger partial charge in [0.05, 0.1) is 23.5 Å². The monoisotopic (exact) mass is 377 g/mol. The summed E-state index contributed by atoms with van der Waals surface area (Å²) in [6.07, 6.45) is 3.36. The van der Waals surface area contributed by atoms with Crippen LogP contribution in [0.15, 0.2) is 30.3 Å². The second kappa shape index (κ2) is 9.69. The average Bonchev–Trinajstić information content (AvgIpc) is 3.01. The molecule has 0 bridgehead atoms. The minimum Gasteiger partial charge on any atom is -0.339 e. The molecule has 7 heteroatoms. The van der Waals surface area contributed by atoms with Crippen LogP contribution >= 0.6 is 12.4 Å². The largest absolute Gasteiger partial charge is 0.339 e. The van der Waals surface area contributed by atoms with Gasteiger partial charge in [-0.25, -0.2) is 4.68 Å². The molecule has 1 aromatic heterocycles. The van der Waals surface area contributed by atoms with Gasteiger partial charge in [0.1, 0.15) is 0 Å². The molecule has 0 saturated carbocycles. The van der Waals surface area contributed by atoms with Gasteiger partial charge in [-0.05, 0) is 51.4 Å². The number of nitrogens with one attached hydrogen (secondary N) is 1. The number of piperidine rings is 1. The van der Waals surface area contributed by atoms with Crippen LogP contribution in [0.2, 0.25) is 0 Å². The van der Waals surface area contributed by atoms with Gasteiger partial charge >= 0.3 is 0 Å². The summed E-state index contributed by atoms with van der Waals surface area (Å²) in [4.78, 5) is 15.0. The molecule has 1 aliphatic rings. The summed E-state index contributed by atoms with van der Waals surface area (Å²) in [6.45, 7) is 6.89. The molecule has 26 heavy (non-hydrogen) atoms. The third kappa shape index (κ3) is 4.62. The first-order valence-corrected chi connectivity index (χ1v) is 9.17. The predicted octanol–water partition coefficient (Wildman–Crippen LogP) is 2.53. The highest BCUT2D eigenvalue weighted by molar-refractivity contribution is 5.85.